The van der Waals surface area contributed by atoms with Crippen LogP contribution in [0.25, 0.3) is 0 Å². The fourth-order valence-electron chi connectivity index (χ4n) is 2.79. The number of guanidine groups is 1. The van der Waals surface area contributed by atoms with Crippen LogP contribution in [-0.2, 0) is 16.0 Å². The molecule has 0 heterocycles. The van der Waals surface area contributed by atoms with Crippen molar-refractivity contribution in [2.45, 2.75) is 46.8 Å². The van der Waals surface area contributed by atoms with Gasteiger partial charge in [0.25, 0.3) is 0 Å². The second-order valence-electron chi connectivity index (χ2n) is 6.67. The Hall–Kier alpha value is -1.55. The van der Waals surface area contributed by atoms with Crippen molar-refractivity contribution in [3.63, 3.8) is 0 Å². The van der Waals surface area contributed by atoms with Gasteiger partial charge in [-0.25, -0.2) is 9.79 Å². The molecule has 0 amide bonds. The van der Waals surface area contributed by atoms with E-state index in [1.165, 1.54) is 14.2 Å². The lowest BCUT2D eigenvalue weighted by Crippen LogP contribution is -2.39. The molecule has 2 N–H and O–H groups in total. The smallest absolute Gasteiger partial charge is 0.341 e. The Morgan fingerprint density at radius 1 is 1.17 bits per heavy atom. The van der Waals surface area contributed by atoms with Crippen molar-refractivity contribution in [1.82, 2.24) is 10.6 Å². The Labute approximate surface area is 192 Å². The second kappa shape index (κ2) is 15.3. The molecule has 7 nitrogen and oxygen atoms in total. The summed E-state index contributed by atoms with van der Waals surface area (Å²) in [7, 11) is 2.88. The number of hydrogen-bond donors (Lipinski definition) is 2. The third kappa shape index (κ3) is 9.66. The summed E-state index contributed by atoms with van der Waals surface area (Å²) in [5.74, 6) is 1.26. The number of aliphatic imine (C=N–C) groups is 1. The zero-order valence-electron chi connectivity index (χ0n) is 18.4. The summed E-state index contributed by atoms with van der Waals surface area (Å²) in [6, 6.07) is 5.40. The van der Waals surface area contributed by atoms with Crippen LogP contribution in [0.1, 0.15) is 50.0 Å². The number of carbonyl (C=O) groups is 1. The lowest BCUT2D eigenvalue weighted by Gasteiger charge is -2.21. The summed E-state index contributed by atoms with van der Waals surface area (Å²) in [5, 5.41) is 6.59. The van der Waals surface area contributed by atoms with Gasteiger partial charge < -0.3 is 24.8 Å². The van der Waals surface area contributed by atoms with E-state index in [1.54, 1.807) is 12.1 Å². The van der Waals surface area contributed by atoms with Crippen LogP contribution in [0, 0.1) is 5.92 Å². The van der Waals surface area contributed by atoms with E-state index < -0.39 is 5.97 Å². The topological polar surface area (TPSA) is 81.2 Å². The van der Waals surface area contributed by atoms with Gasteiger partial charge in [0.2, 0.25) is 0 Å². The zero-order chi connectivity index (χ0) is 20.9. The van der Waals surface area contributed by atoms with Crippen LogP contribution in [0.3, 0.4) is 0 Å². The molecule has 0 aromatic heterocycles. The largest absolute Gasteiger partial charge is 0.496 e. The monoisotopic (exact) mass is 521 g/mol. The maximum absolute atomic E-state index is 11.9. The van der Waals surface area contributed by atoms with Crippen molar-refractivity contribution in [3.8, 4) is 5.75 Å². The maximum Gasteiger partial charge on any atom is 0.341 e. The van der Waals surface area contributed by atoms with Gasteiger partial charge in [-0.2, -0.15) is 0 Å². The van der Waals surface area contributed by atoms with E-state index in [4.69, 9.17) is 14.2 Å². The number of nitrogens with one attached hydrogen (secondary N) is 2. The first-order valence-corrected chi connectivity index (χ1v) is 9.85. The predicted molar refractivity (Wildman–Crippen MR) is 127 cm³/mol. The van der Waals surface area contributed by atoms with Crippen molar-refractivity contribution in [3.05, 3.63) is 29.3 Å². The van der Waals surface area contributed by atoms with E-state index in [1.807, 2.05) is 19.9 Å². The summed E-state index contributed by atoms with van der Waals surface area (Å²) >= 11 is 0. The van der Waals surface area contributed by atoms with Crippen LogP contribution in [-0.4, -0.2) is 51.9 Å². The highest BCUT2D eigenvalue weighted by atomic mass is 127. The number of esters is 1. The molecule has 0 radical (unpaired) electrons. The maximum atomic E-state index is 11.9. The highest BCUT2D eigenvalue weighted by molar-refractivity contribution is 14.0. The molecule has 0 spiro atoms. The number of methoxy groups -OCH3 is 2. The Balaban J connectivity index is 0.00000784. The van der Waals surface area contributed by atoms with E-state index in [2.05, 4.69) is 29.5 Å². The molecule has 0 fully saturated rings. The van der Waals surface area contributed by atoms with Gasteiger partial charge in [-0.1, -0.05) is 19.9 Å². The zero-order valence-corrected chi connectivity index (χ0v) is 20.7. The molecular weight excluding hydrogens is 485 g/mol. The van der Waals surface area contributed by atoms with Gasteiger partial charge in [0.15, 0.2) is 5.96 Å². The summed E-state index contributed by atoms with van der Waals surface area (Å²) in [5.41, 5.74) is 1.29. The molecule has 1 aromatic carbocycles. The summed E-state index contributed by atoms with van der Waals surface area (Å²) in [6.45, 7) is 11.1. The van der Waals surface area contributed by atoms with Gasteiger partial charge >= 0.3 is 5.97 Å². The molecule has 1 atom stereocenters. The Bertz CT molecular complexity index is 638. The van der Waals surface area contributed by atoms with E-state index in [0.29, 0.717) is 23.8 Å². The fourth-order valence-corrected chi connectivity index (χ4v) is 2.79. The average Bonchev–Trinajstić information content (AvgIpc) is 2.70. The Morgan fingerprint density at radius 2 is 1.90 bits per heavy atom. The van der Waals surface area contributed by atoms with Gasteiger partial charge in [-0.05, 0) is 43.9 Å². The SMILES string of the molecule is CCNC(=NCc1ccc(OC)c(C(=O)OC)c1)NCCC(OCC)C(C)C.I. The third-order valence-corrected chi connectivity index (χ3v) is 4.28. The van der Waals surface area contributed by atoms with Crippen LogP contribution < -0.4 is 15.4 Å². The predicted octanol–water partition coefficient (Wildman–Crippen LogP) is 3.61. The lowest BCUT2D eigenvalue weighted by molar-refractivity contribution is 0.0258. The van der Waals surface area contributed by atoms with Crippen LogP contribution in [0.5, 0.6) is 5.75 Å². The lowest BCUT2D eigenvalue weighted by atomic mass is 10.0. The molecule has 1 unspecified atom stereocenters. The van der Waals surface area contributed by atoms with Crippen molar-refractivity contribution in [2.24, 2.45) is 10.9 Å². The summed E-state index contributed by atoms with van der Waals surface area (Å²) in [4.78, 5) is 16.5. The minimum Gasteiger partial charge on any atom is -0.496 e. The van der Waals surface area contributed by atoms with Gasteiger partial charge in [0.05, 0.1) is 26.9 Å². The normalized spacial score (nSPS) is 12.2. The molecule has 8 heteroatoms. The van der Waals surface area contributed by atoms with Gasteiger partial charge in [0.1, 0.15) is 11.3 Å². The van der Waals surface area contributed by atoms with Crippen LogP contribution >= 0.6 is 24.0 Å². The minimum absolute atomic E-state index is 0. The highest BCUT2D eigenvalue weighted by Crippen LogP contribution is 2.21. The molecular formula is C21H36IN3O4. The van der Waals surface area contributed by atoms with E-state index in [-0.39, 0.29) is 30.1 Å². The van der Waals surface area contributed by atoms with Crippen molar-refractivity contribution < 1.29 is 19.0 Å². The van der Waals surface area contributed by atoms with E-state index in [9.17, 15) is 4.79 Å². The first kappa shape index (κ1) is 27.5. The van der Waals surface area contributed by atoms with Gasteiger partial charge in [0, 0.05) is 19.7 Å². The molecule has 0 aliphatic carbocycles. The minimum atomic E-state index is -0.427. The number of ether oxygens (including phenoxy) is 3. The Kier molecular flexibility index (Phi) is 14.5. The molecule has 0 aliphatic rings. The molecule has 0 aliphatic heterocycles. The molecule has 166 valence electrons. The fraction of sp³-hybridized carbons (Fsp3) is 0.619. The molecule has 0 bridgehead atoms. The van der Waals surface area contributed by atoms with Gasteiger partial charge in [-0.15, -0.1) is 24.0 Å². The first-order chi connectivity index (χ1) is 13.5. The number of nitrogens with zero attached hydrogens (tertiary/aromatic N) is 1. The summed E-state index contributed by atoms with van der Waals surface area (Å²) in [6.07, 6.45) is 1.13. The first-order valence-electron chi connectivity index (χ1n) is 9.85. The molecule has 1 aromatic rings. The van der Waals surface area contributed by atoms with E-state index >= 15 is 0 Å². The third-order valence-electron chi connectivity index (χ3n) is 4.28. The Morgan fingerprint density at radius 3 is 2.45 bits per heavy atom. The quantitative estimate of drug-likeness (QED) is 0.201. The number of carbonyl (C=O) groups excluding carboxylic acids is 1. The molecule has 29 heavy (non-hydrogen) atoms. The van der Waals surface area contributed by atoms with Crippen molar-refractivity contribution in [1.29, 1.82) is 0 Å². The van der Waals surface area contributed by atoms with Gasteiger partial charge in [-0.3, -0.25) is 0 Å². The van der Waals surface area contributed by atoms with Crippen molar-refractivity contribution >= 4 is 35.9 Å². The summed E-state index contributed by atoms with van der Waals surface area (Å²) < 4.78 is 15.8. The standard InChI is InChI=1S/C21H35N3O4.HI/c1-7-22-21(23-12-11-18(15(3)4)28-8-2)24-14-16-9-10-19(26-5)17(13-16)20(25)27-6;/h9-10,13,15,18H,7-8,11-12,14H2,1-6H3,(H2,22,23,24);1H. The van der Waals surface area contributed by atoms with Crippen LogP contribution in [0.2, 0.25) is 0 Å². The van der Waals surface area contributed by atoms with E-state index in [0.717, 1.165) is 37.6 Å². The molecule has 1 rings (SSSR count). The molecule has 0 saturated carbocycles. The van der Waals surface area contributed by atoms with Crippen LogP contribution in [0.4, 0.5) is 0 Å². The number of hydrogen-bond acceptors (Lipinski definition) is 5. The highest BCUT2D eigenvalue weighted by Gasteiger charge is 2.14. The van der Waals surface area contributed by atoms with Crippen molar-refractivity contribution in [2.75, 3.05) is 33.9 Å². The number of halogens is 1. The van der Waals surface area contributed by atoms with Crippen LogP contribution in [0.15, 0.2) is 23.2 Å². The average molecular weight is 521 g/mol. The number of benzene rings is 1. The number of rotatable bonds is 11. The second-order valence-corrected chi connectivity index (χ2v) is 6.67. The molecule has 0 saturated heterocycles.